The molecule has 3 nitrogen and oxygen atoms in total. The minimum absolute atomic E-state index is 0.995. The number of pyridine rings is 1. The van der Waals surface area contributed by atoms with Crippen LogP contribution in [-0.2, 0) is 6.42 Å². The molecule has 74 valence electrons. The normalized spacial score (nSPS) is 11.0. The molecule has 14 heavy (non-hydrogen) atoms. The van der Waals surface area contributed by atoms with E-state index in [-0.39, 0.29) is 0 Å². The zero-order valence-corrected chi connectivity index (χ0v) is 8.62. The number of rotatable bonds is 3. The molecule has 0 aliphatic heterocycles. The van der Waals surface area contributed by atoms with Gasteiger partial charge in [-0.05, 0) is 50.2 Å². The van der Waals surface area contributed by atoms with Gasteiger partial charge in [0.15, 0.2) is 0 Å². The number of hydrogen-bond donors (Lipinski definition) is 1. The van der Waals surface area contributed by atoms with E-state index in [4.69, 9.17) is 0 Å². The van der Waals surface area contributed by atoms with Crippen LogP contribution >= 0.6 is 0 Å². The maximum absolute atomic E-state index is 4.30. The second kappa shape index (κ2) is 3.80. The average molecular weight is 189 g/mol. The first kappa shape index (κ1) is 9.21. The molecular formula is C11H15N3. The monoisotopic (exact) mass is 189 g/mol. The summed E-state index contributed by atoms with van der Waals surface area (Å²) in [6.07, 6.45) is 4.99. The number of aromatic nitrogens is 2. The quantitative estimate of drug-likeness (QED) is 0.791. The summed E-state index contributed by atoms with van der Waals surface area (Å²) < 4.78 is 1.93. The van der Waals surface area contributed by atoms with Crippen LogP contribution < -0.4 is 5.32 Å². The van der Waals surface area contributed by atoms with Crippen molar-refractivity contribution in [2.75, 3.05) is 13.6 Å². The average Bonchev–Trinajstić information content (AvgIpc) is 2.57. The highest BCUT2D eigenvalue weighted by atomic mass is 15.2. The van der Waals surface area contributed by atoms with E-state index in [2.05, 4.69) is 29.5 Å². The Morgan fingerprint density at radius 3 is 3.14 bits per heavy atom. The molecule has 2 rings (SSSR count). The van der Waals surface area contributed by atoms with Gasteiger partial charge in [-0.2, -0.15) is 5.10 Å². The lowest BCUT2D eigenvalue weighted by molar-refractivity contribution is 0.795. The molecule has 0 bridgehead atoms. The smallest absolute Gasteiger partial charge is 0.0696 e. The Balaban J connectivity index is 2.40. The molecule has 0 aromatic carbocycles. The third kappa shape index (κ3) is 1.63. The maximum Gasteiger partial charge on any atom is 0.0696 e. The molecule has 3 heteroatoms. The van der Waals surface area contributed by atoms with Gasteiger partial charge < -0.3 is 5.32 Å². The van der Waals surface area contributed by atoms with E-state index in [0.29, 0.717) is 0 Å². The fourth-order valence-corrected chi connectivity index (χ4v) is 1.59. The van der Waals surface area contributed by atoms with Crippen molar-refractivity contribution in [2.45, 2.75) is 13.3 Å². The van der Waals surface area contributed by atoms with Crippen molar-refractivity contribution in [3.05, 3.63) is 35.7 Å². The summed E-state index contributed by atoms with van der Waals surface area (Å²) >= 11 is 0. The third-order valence-electron chi connectivity index (χ3n) is 2.40. The lowest BCUT2D eigenvalue weighted by atomic mass is 10.2. The van der Waals surface area contributed by atoms with Gasteiger partial charge in [-0.15, -0.1) is 0 Å². The Morgan fingerprint density at radius 1 is 1.50 bits per heavy atom. The summed E-state index contributed by atoms with van der Waals surface area (Å²) in [5.41, 5.74) is 3.81. The fourth-order valence-electron chi connectivity index (χ4n) is 1.59. The van der Waals surface area contributed by atoms with Crippen molar-refractivity contribution in [1.29, 1.82) is 0 Å². The van der Waals surface area contributed by atoms with Crippen LogP contribution in [0.25, 0.3) is 5.52 Å². The Bertz CT molecular complexity index is 431. The van der Waals surface area contributed by atoms with Crippen molar-refractivity contribution in [1.82, 2.24) is 14.9 Å². The van der Waals surface area contributed by atoms with Gasteiger partial charge in [0, 0.05) is 6.20 Å². The summed E-state index contributed by atoms with van der Waals surface area (Å²) in [7, 11) is 1.97. The molecule has 0 aliphatic carbocycles. The van der Waals surface area contributed by atoms with Crippen LogP contribution in [0.3, 0.4) is 0 Å². The van der Waals surface area contributed by atoms with Gasteiger partial charge >= 0.3 is 0 Å². The lowest BCUT2D eigenvalue weighted by Crippen LogP contribution is -2.10. The summed E-state index contributed by atoms with van der Waals surface area (Å²) in [5.74, 6) is 0. The molecule has 2 aromatic rings. The second-order valence-electron chi connectivity index (χ2n) is 3.56. The number of likely N-dealkylation sites (N-methyl/N-ethyl adjacent to an activating group) is 1. The molecule has 2 heterocycles. The van der Waals surface area contributed by atoms with Crippen LogP contribution in [0.4, 0.5) is 0 Å². The topological polar surface area (TPSA) is 29.3 Å². The van der Waals surface area contributed by atoms with E-state index in [1.807, 2.05) is 24.0 Å². The van der Waals surface area contributed by atoms with Crippen LogP contribution in [0.5, 0.6) is 0 Å². The van der Waals surface area contributed by atoms with Gasteiger partial charge in [0.2, 0.25) is 0 Å². The summed E-state index contributed by atoms with van der Waals surface area (Å²) in [6, 6.07) is 4.25. The van der Waals surface area contributed by atoms with Crippen LogP contribution in [0.15, 0.2) is 24.5 Å². The molecule has 0 aliphatic rings. The third-order valence-corrected chi connectivity index (χ3v) is 2.40. The van der Waals surface area contributed by atoms with Crippen molar-refractivity contribution < 1.29 is 0 Å². The lowest BCUT2D eigenvalue weighted by Gasteiger charge is -1.99. The Kier molecular flexibility index (Phi) is 2.50. The van der Waals surface area contributed by atoms with Gasteiger partial charge in [-0.3, -0.25) is 0 Å². The number of aryl methyl sites for hydroxylation is 1. The predicted octanol–water partition coefficient (Wildman–Crippen LogP) is 1.40. The first-order chi connectivity index (χ1) is 6.81. The van der Waals surface area contributed by atoms with E-state index in [0.717, 1.165) is 13.0 Å². The van der Waals surface area contributed by atoms with E-state index >= 15 is 0 Å². The fraction of sp³-hybridized carbons (Fsp3) is 0.364. The zero-order chi connectivity index (χ0) is 9.97. The molecule has 0 radical (unpaired) electrons. The minimum Gasteiger partial charge on any atom is -0.319 e. The summed E-state index contributed by atoms with van der Waals surface area (Å²) in [6.45, 7) is 3.10. The summed E-state index contributed by atoms with van der Waals surface area (Å²) in [4.78, 5) is 0. The van der Waals surface area contributed by atoms with E-state index < -0.39 is 0 Å². The number of nitrogens with one attached hydrogen (secondary N) is 1. The van der Waals surface area contributed by atoms with Crippen LogP contribution in [0.2, 0.25) is 0 Å². The molecule has 0 unspecified atom stereocenters. The molecule has 2 aromatic heterocycles. The molecule has 0 saturated heterocycles. The number of hydrogen-bond acceptors (Lipinski definition) is 2. The molecule has 1 N–H and O–H groups in total. The van der Waals surface area contributed by atoms with E-state index in [1.165, 1.54) is 16.6 Å². The molecule has 0 saturated carbocycles. The second-order valence-corrected chi connectivity index (χ2v) is 3.56. The summed E-state index contributed by atoms with van der Waals surface area (Å²) in [5, 5.41) is 7.45. The van der Waals surface area contributed by atoms with Gasteiger partial charge in [-0.1, -0.05) is 0 Å². The number of nitrogens with zero attached hydrogens (tertiary/aromatic N) is 2. The van der Waals surface area contributed by atoms with E-state index in [1.54, 1.807) is 0 Å². The van der Waals surface area contributed by atoms with Gasteiger partial charge in [0.25, 0.3) is 0 Å². The minimum atomic E-state index is 0.995. The highest BCUT2D eigenvalue weighted by Crippen LogP contribution is 2.12. The molecule has 0 atom stereocenters. The maximum atomic E-state index is 4.30. The Morgan fingerprint density at radius 2 is 2.36 bits per heavy atom. The van der Waals surface area contributed by atoms with Crippen molar-refractivity contribution >= 4 is 5.52 Å². The van der Waals surface area contributed by atoms with Crippen molar-refractivity contribution in [2.24, 2.45) is 0 Å². The first-order valence-corrected chi connectivity index (χ1v) is 4.89. The standard InChI is InChI=1S/C11H15N3/c1-9-4-6-14-11(7-9)10(8-13-14)3-5-12-2/h4,6-8,12H,3,5H2,1-2H3. The van der Waals surface area contributed by atoms with Gasteiger partial charge in [0.05, 0.1) is 11.7 Å². The highest BCUT2D eigenvalue weighted by Gasteiger charge is 2.02. The largest absolute Gasteiger partial charge is 0.319 e. The molecule has 0 spiro atoms. The predicted molar refractivity (Wildman–Crippen MR) is 57.6 cm³/mol. The zero-order valence-electron chi connectivity index (χ0n) is 8.62. The SMILES string of the molecule is CNCCc1cnn2ccc(C)cc12. The van der Waals surface area contributed by atoms with E-state index in [9.17, 15) is 0 Å². The van der Waals surface area contributed by atoms with Gasteiger partial charge in [-0.25, -0.2) is 4.52 Å². The van der Waals surface area contributed by atoms with Crippen molar-refractivity contribution in [3.8, 4) is 0 Å². The number of fused-ring (bicyclic) bond motifs is 1. The molecule has 0 amide bonds. The van der Waals surface area contributed by atoms with Crippen molar-refractivity contribution in [3.63, 3.8) is 0 Å². The van der Waals surface area contributed by atoms with Crippen LogP contribution in [-0.4, -0.2) is 23.2 Å². The Labute approximate surface area is 83.7 Å². The Hall–Kier alpha value is -1.35. The van der Waals surface area contributed by atoms with Crippen LogP contribution in [0, 0.1) is 6.92 Å². The van der Waals surface area contributed by atoms with Gasteiger partial charge in [0.1, 0.15) is 0 Å². The first-order valence-electron chi connectivity index (χ1n) is 4.89. The van der Waals surface area contributed by atoms with Crippen LogP contribution in [0.1, 0.15) is 11.1 Å². The molecule has 0 fully saturated rings. The molecular weight excluding hydrogens is 174 g/mol. The highest BCUT2D eigenvalue weighted by molar-refractivity contribution is 5.55.